The van der Waals surface area contributed by atoms with Gasteiger partial charge in [-0.1, -0.05) is 41.5 Å². The molecule has 0 heterocycles. The molecule has 0 bridgehead atoms. The van der Waals surface area contributed by atoms with Gasteiger partial charge >= 0.3 is 0 Å². The molecular formula is C17H21NO. The molecule has 0 spiro atoms. The van der Waals surface area contributed by atoms with Crippen molar-refractivity contribution in [2.45, 2.75) is 26.8 Å². The summed E-state index contributed by atoms with van der Waals surface area (Å²) in [4.78, 5) is 0. The molecule has 0 saturated heterocycles. The standard InChI is InChI=1S/C17H21NO/c1-11-7-12(2)9-15(8-11)17(18)14-5-6-16(19-4)13(3)10-14/h5-10,17H,18H2,1-4H3. The number of rotatable bonds is 3. The Morgan fingerprint density at radius 2 is 1.53 bits per heavy atom. The molecule has 2 nitrogen and oxygen atoms in total. The van der Waals surface area contributed by atoms with Gasteiger partial charge in [-0.05, 0) is 43.5 Å². The summed E-state index contributed by atoms with van der Waals surface area (Å²) in [7, 11) is 1.69. The number of nitrogens with two attached hydrogens (primary N) is 1. The number of aryl methyl sites for hydroxylation is 3. The summed E-state index contributed by atoms with van der Waals surface area (Å²) in [5.41, 5.74) is 12.2. The van der Waals surface area contributed by atoms with Crippen molar-refractivity contribution in [3.8, 4) is 5.75 Å². The third-order valence-corrected chi connectivity index (χ3v) is 3.38. The van der Waals surface area contributed by atoms with E-state index in [4.69, 9.17) is 10.5 Å². The van der Waals surface area contributed by atoms with Crippen LogP contribution in [-0.2, 0) is 0 Å². The van der Waals surface area contributed by atoms with Gasteiger partial charge in [-0.15, -0.1) is 0 Å². The lowest BCUT2D eigenvalue weighted by Crippen LogP contribution is -2.12. The molecule has 2 aromatic rings. The van der Waals surface area contributed by atoms with Gasteiger partial charge in [-0.3, -0.25) is 0 Å². The van der Waals surface area contributed by atoms with Crippen LogP contribution in [0.25, 0.3) is 0 Å². The van der Waals surface area contributed by atoms with Crippen LogP contribution >= 0.6 is 0 Å². The molecule has 2 heteroatoms. The molecular weight excluding hydrogens is 234 g/mol. The van der Waals surface area contributed by atoms with Crippen LogP contribution in [-0.4, -0.2) is 7.11 Å². The first kappa shape index (κ1) is 13.6. The second-order valence-corrected chi connectivity index (χ2v) is 5.13. The molecule has 2 rings (SSSR count). The van der Waals surface area contributed by atoms with Crippen LogP contribution in [0.2, 0.25) is 0 Å². The number of methoxy groups -OCH3 is 1. The molecule has 0 fully saturated rings. The second-order valence-electron chi connectivity index (χ2n) is 5.13. The van der Waals surface area contributed by atoms with Gasteiger partial charge in [0.1, 0.15) is 5.75 Å². The quantitative estimate of drug-likeness (QED) is 0.908. The molecule has 19 heavy (non-hydrogen) atoms. The Bertz CT molecular complexity index is 570. The zero-order valence-electron chi connectivity index (χ0n) is 12.0. The van der Waals surface area contributed by atoms with Crippen molar-refractivity contribution < 1.29 is 4.74 Å². The van der Waals surface area contributed by atoms with E-state index in [-0.39, 0.29) is 6.04 Å². The molecule has 2 aromatic carbocycles. The lowest BCUT2D eigenvalue weighted by Gasteiger charge is -2.16. The largest absolute Gasteiger partial charge is 0.496 e. The number of hydrogen-bond acceptors (Lipinski definition) is 2. The molecule has 1 unspecified atom stereocenters. The van der Waals surface area contributed by atoms with E-state index in [0.29, 0.717) is 0 Å². The van der Waals surface area contributed by atoms with Gasteiger partial charge in [0.25, 0.3) is 0 Å². The fraction of sp³-hybridized carbons (Fsp3) is 0.294. The summed E-state index contributed by atoms with van der Waals surface area (Å²) >= 11 is 0. The lowest BCUT2D eigenvalue weighted by atomic mass is 9.95. The van der Waals surface area contributed by atoms with E-state index in [1.807, 2.05) is 19.1 Å². The third kappa shape index (κ3) is 2.96. The zero-order valence-corrected chi connectivity index (χ0v) is 12.0. The SMILES string of the molecule is COc1ccc(C(N)c2cc(C)cc(C)c2)cc1C. The summed E-state index contributed by atoms with van der Waals surface area (Å²) in [6, 6.07) is 12.5. The van der Waals surface area contributed by atoms with Crippen molar-refractivity contribution in [2.75, 3.05) is 7.11 Å². The monoisotopic (exact) mass is 255 g/mol. The smallest absolute Gasteiger partial charge is 0.121 e. The van der Waals surface area contributed by atoms with Crippen LogP contribution < -0.4 is 10.5 Å². The van der Waals surface area contributed by atoms with Gasteiger partial charge in [-0.25, -0.2) is 0 Å². The van der Waals surface area contributed by atoms with Crippen LogP contribution in [0, 0.1) is 20.8 Å². The van der Waals surface area contributed by atoms with Gasteiger partial charge in [0, 0.05) is 0 Å². The maximum Gasteiger partial charge on any atom is 0.121 e. The Kier molecular flexibility index (Phi) is 3.91. The van der Waals surface area contributed by atoms with E-state index in [1.165, 1.54) is 11.1 Å². The highest BCUT2D eigenvalue weighted by molar-refractivity contribution is 5.42. The number of ether oxygens (including phenoxy) is 1. The Morgan fingerprint density at radius 1 is 0.895 bits per heavy atom. The van der Waals surface area contributed by atoms with E-state index in [0.717, 1.165) is 22.4 Å². The summed E-state index contributed by atoms with van der Waals surface area (Å²) in [6.45, 7) is 6.24. The predicted octanol–water partition coefficient (Wildman–Crippen LogP) is 3.67. The number of hydrogen-bond donors (Lipinski definition) is 1. The molecule has 1 atom stereocenters. The van der Waals surface area contributed by atoms with Gasteiger partial charge in [0.05, 0.1) is 13.2 Å². The topological polar surface area (TPSA) is 35.2 Å². The van der Waals surface area contributed by atoms with Crippen molar-refractivity contribution in [3.63, 3.8) is 0 Å². The predicted molar refractivity (Wildman–Crippen MR) is 79.7 cm³/mol. The van der Waals surface area contributed by atoms with E-state index < -0.39 is 0 Å². The molecule has 0 aliphatic rings. The molecule has 0 aliphatic heterocycles. The minimum absolute atomic E-state index is 0.0943. The molecule has 0 amide bonds. The fourth-order valence-electron chi connectivity index (χ4n) is 2.48. The van der Waals surface area contributed by atoms with Gasteiger partial charge in [-0.2, -0.15) is 0 Å². The van der Waals surface area contributed by atoms with Crippen LogP contribution in [0.5, 0.6) is 5.75 Å². The maximum absolute atomic E-state index is 6.37. The minimum Gasteiger partial charge on any atom is -0.496 e. The van der Waals surface area contributed by atoms with E-state index in [1.54, 1.807) is 7.11 Å². The van der Waals surface area contributed by atoms with E-state index in [9.17, 15) is 0 Å². The van der Waals surface area contributed by atoms with Crippen molar-refractivity contribution in [1.82, 2.24) is 0 Å². The summed E-state index contributed by atoms with van der Waals surface area (Å²) in [6.07, 6.45) is 0. The summed E-state index contributed by atoms with van der Waals surface area (Å²) < 4.78 is 5.28. The fourth-order valence-corrected chi connectivity index (χ4v) is 2.48. The van der Waals surface area contributed by atoms with E-state index >= 15 is 0 Å². The Morgan fingerprint density at radius 3 is 2.05 bits per heavy atom. The first-order valence-corrected chi connectivity index (χ1v) is 6.49. The van der Waals surface area contributed by atoms with E-state index in [2.05, 4.69) is 38.1 Å². The average Bonchev–Trinajstić information content (AvgIpc) is 2.36. The molecule has 0 aliphatic carbocycles. The van der Waals surface area contributed by atoms with Gasteiger partial charge in [0.15, 0.2) is 0 Å². The van der Waals surface area contributed by atoms with Crippen LogP contribution in [0.15, 0.2) is 36.4 Å². The van der Waals surface area contributed by atoms with Crippen LogP contribution in [0.4, 0.5) is 0 Å². The third-order valence-electron chi connectivity index (χ3n) is 3.38. The van der Waals surface area contributed by atoms with Crippen LogP contribution in [0.3, 0.4) is 0 Å². The van der Waals surface area contributed by atoms with Crippen molar-refractivity contribution in [2.24, 2.45) is 5.73 Å². The Balaban J connectivity index is 2.38. The minimum atomic E-state index is -0.0943. The molecule has 100 valence electrons. The highest BCUT2D eigenvalue weighted by atomic mass is 16.5. The van der Waals surface area contributed by atoms with Crippen molar-refractivity contribution in [3.05, 3.63) is 64.2 Å². The first-order chi connectivity index (χ1) is 9.01. The molecule has 0 radical (unpaired) electrons. The van der Waals surface area contributed by atoms with Crippen LogP contribution in [0.1, 0.15) is 33.9 Å². The van der Waals surface area contributed by atoms with Gasteiger partial charge in [0.2, 0.25) is 0 Å². The highest BCUT2D eigenvalue weighted by Gasteiger charge is 2.11. The Hall–Kier alpha value is -1.80. The maximum atomic E-state index is 6.37. The molecule has 2 N–H and O–H groups in total. The summed E-state index contributed by atoms with van der Waals surface area (Å²) in [5.74, 6) is 0.899. The Labute approximate surface area is 115 Å². The highest BCUT2D eigenvalue weighted by Crippen LogP contribution is 2.26. The first-order valence-electron chi connectivity index (χ1n) is 6.49. The van der Waals surface area contributed by atoms with Crippen molar-refractivity contribution in [1.29, 1.82) is 0 Å². The van der Waals surface area contributed by atoms with Gasteiger partial charge < -0.3 is 10.5 Å². The lowest BCUT2D eigenvalue weighted by molar-refractivity contribution is 0.411. The normalized spacial score (nSPS) is 12.3. The zero-order chi connectivity index (χ0) is 14.0. The molecule has 0 saturated carbocycles. The summed E-state index contributed by atoms with van der Waals surface area (Å²) in [5, 5.41) is 0. The second kappa shape index (κ2) is 5.45. The number of benzene rings is 2. The average molecular weight is 255 g/mol. The van der Waals surface area contributed by atoms with Crippen molar-refractivity contribution >= 4 is 0 Å². The molecule has 0 aromatic heterocycles.